The van der Waals surface area contributed by atoms with E-state index in [0.717, 1.165) is 34.8 Å². The fourth-order valence-corrected chi connectivity index (χ4v) is 3.13. The van der Waals surface area contributed by atoms with E-state index in [1.54, 1.807) is 0 Å². The number of nitrogens with one attached hydrogen (secondary N) is 3. The van der Waals surface area contributed by atoms with E-state index < -0.39 is 0 Å². The number of nitrogens with zero attached hydrogens (tertiary/aromatic N) is 1. The molecule has 2 aromatic carbocycles. The van der Waals surface area contributed by atoms with Crippen molar-refractivity contribution in [3.05, 3.63) is 47.0 Å². The topological polar surface area (TPSA) is 103 Å². The maximum atomic E-state index is 11.4. The van der Waals surface area contributed by atoms with Gasteiger partial charge in [-0.3, -0.25) is 10.6 Å². The van der Waals surface area contributed by atoms with E-state index in [0.29, 0.717) is 17.3 Å². The number of hydrogen-bond donors (Lipinski definition) is 4. The highest BCUT2D eigenvalue weighted by atomic mass is 35.5. The monoisotopic (exact) mass is 383 g/mol. The van der Waals surface area contributed by atoms with Gasteiger partial charge in [-0.1, -0.05) is 41.9 Å². The summed E-state index contributed by atoms with van der Waals surface area (Å²) in [4.78, 5) is 11.4. The zero-order valence-electron chi connectivity index (χ0n) is 14.9. The molecular weight excluding hydrogens is 362 g/mol. The fourth-order valence-electron chi connectivity index (χ4n) is 2.80. The number of carbonyl (C=O) groups is 1. The van der Waals surface area contributed by atoms with Gasteiger partial charge >= 0.3 is 0 Å². The first kappa shape index (κ1) is 19.0. The summed E-state index contributed by atoms with van der Waals surface area (Å²) in [5, 5.41) is 15.2. The molecule has 1 saturated carbocycles. The minimum atomic E-state index is -0.280. The smallest absolute Gasteiger partial charge is 0.234 e. The van der Waals surface area contributed by atoms with Crippen LogP contribution in [0.2, 0.25) is 5.02 Å². The van der Waals surface area contributed by atoms with Crippen molar-refractivity contribution in [3.8, 4) is 17.2 Å². The van der Waals surface area contributed by atoms with Gasteiger partial charge in [0.2, 0.25) is 5.91 Å². The summed E-state index contributed by atoms with van der Waals surface area (Å²) in [5.74, 6) is 6.17. The van der Waals surface area contributed by atoms with Crippen molar-refractivity contribution in [2.24, 2.45) is 11.8 Å². The lowest BCUT2D eigenvalue weighted by atomic mass is 10.0. The zero-order chi connectivity index (χ0) is 19.2. The summed E-state index contributed by atoms with van der Waals surface area (Å²) in [5.41, 5.74) is 7.06. The van der Waals surface area contributed by atoms with Gasteiger partial charge in [0.05, 0.1) is 22.5 Å². The number of hydrazine groups is 1. The molecule has 1 aliphatic carbocycles. The number of rotatable bonds is 8. The van der Waals surface area contributed by atoms with Crippen LogP contribution in [0.3, 0.4) is 0 Å². The van der Waals surface area contributed by atoms with Crippen LogP contribution in [0.1, 0.15) is 24.8 Å². The standard InChI is InChI=1S/C20H22ClN5O/c21-19-16(7-8-17(20(19)26-23)24-11-13-1-2-13)15-5-3-14(4-6-15)12-25-18(27)9-10-22/h3-8,13,24,26H,1-2,9,11-12,23H2,(H,25,27). The van der Waals surface area contributed by atoms with Crippen molar-refractivity contribution in [3.63, 3.8) is 0 Å². The molecule has 0 radical (unpaired) electrons. The van der Waals surface area contributed by atoms with E-state index in [9.17, 15) is 4.79 Å². The third-order valence-electron chi connectivity index (χ3n) is 4.56. The van der Waals surface area contributed by atoms with Crippen molar-refractivity contribution in [1.29, 1.82) is 5.26 Å². The number of amides is 1. The van der Waals surface area contributed by atoms with Gasteiger partial charge in [0.15, 0.2) is 0 Å². The van der Waals surface area contributed by atoms with Gasteiger partial charge in [-0.2, -0.15) is 5.26 Å². The first-order valence-corrected chi connectivity index (χ1v) is 9.26. The Morgan fingerprint density at radius 1 is 1.22 bits per heavy atom. The zero-order valence-corrected chi connectivity index (χ0v) is 15.6. The van der Waals surface area contributed by atoms with E-state index in [1.165, 1.54) is 12.8 Å². The maximum Gasteiger partial charge on any atom is 0.234 e. The van der Waals surface area contributed by atoms with Gasteiger partial charge in [0.1, 0.15) is 6.42 Å². The minimum absolute atomic E-state index is 0.135. The lowest BCUT2D eigenvalue weighted by molar-refractivity contribution is -0.120. The van der Waals surface area contributed by atoms with Crippen LogP contribution in [0.25, 0.3) is 11.1 Å². The van der Waals surface area contributed by atoms with Crippen LogP contribution in [-0.4, -0.2) is 12.5 Å². The summed E-state index contributed by atoms with van der Waals surface area (Å²) in [7, 11) is 0. The number of nitrogens with two attached hydrogens (primary N) is 1. The number of carbonyl (C=O) groups excluding carboxylic acids is 1. The second-order valence-corrected chi connectivity index (χ2v) is 7.00. The van der Waals surface area contributed by atoms with Crippen LogP contribution >= 0.6 is 11.6 Å². The number of hydrogen-bond acceptors (Lipinski definition) is 5. The minimum Gasteiger partial charge on any atom is -0.383 e. The quantitative estimate of drug-likeness (QED) is 0.411. The molecule has 1 amide bonds. The molecule has 5 N–H and O–H groups in total. The molecule has 0 aromatic heterocycles. The van der Waals surface area contributed by atoms with Gasteiger partial charge < -0.3 is 16.1 Å². The van der Waals surface area contributed by atoms with E-state index in [1.807, 2.05) is 42.5 Å². The maximum absolute atomic E-state index is 11.4. The lowest BCUT2D eigenvalue weighted by Gasteiger charge is -2.16. The highest BCUT2D eigenvalue weighted by Crippen LogP contribution is 2.39. The number of halogens is 1. The molecule has 27 heavy (non-hydrogen) atoms. The summed E-state index contributed by atoms with van der Waals surface area (Å²) >= 11 is 6.59. The fraction of sp³-hybridized carbons (Fsp3) is 0.300. The van der Waals surface area contributed by atoms with Crippen LogP contribution in [-0.2, 0) is 11.3 Å². The van der Waals surface area contributed by atoms with Gasteiger partial charge in [-0.15, -0.1) is 0 Å². The Kier molecular flexibility index (Phi) is 6.17. The molecule has 6 nitrogen and oxygen atoms in total. The molecule has 0 aliphatic heterocycles. The Morgan fingerprint density at radius 2 is 1.96 bits per heavy atom. The average molecular weight is 384 g/mol. The molecule has 0 bridgehead atoms. The van der Waals surface area contributed by atoms with Gasteiger partial charge in [0, 0.05) is 18.7 Å². The Morgan fingerprint density at radius 3 is 2.59 bits per heavy atom. The SMILES string of the molecule is N#CCC(=O)NCc1ccc(-c2ccc(NCC3CC3)c(NN)c2Cl)cc1. The second kappa shape index (κ2) is 8.76. The highest BCUT2D eigenvalue weighted by Gasteiger charge is 2.21. The molecule has 0 atom stereocenters. The molecule has 140 valence electrons. The predicted octanol–water partition coefficient (Wildman–Crippen LogP) is 3.64. The molecule has 1 aliphatic rings. The molecule has 2 aromatic rings. The van der Waals surface area contributed by atoms with Crippen LogP contribution in [0, 0.1) is 17.2 Å². The first-order valence-electron chi connectivity index (χ1n) is 8.88. The molecular formula is C20H22ClN5O. The van der Waals surface area contributed by atoms with Crippen LogP contribution in [0.5, 0.6) is 0 Å². The van der Waals surface area contributed by atoms with Crippen LogP contribution in [0.4, 0.5) is 11.4 Å². The van der Waals surface area contributed by atoms with Crippen molar-refractivity contribution >= 4 is 28.9 Å². The number of benzene rings is 2. The van der Waals surface area contributed by atoms with Crippen molar-refractivity contribution < 1.29 is 4.79 Å². The summed E-state index contributed by atoms with van der Waals surface area (Å²) in [6, 6.07) is 13.5. The molecule has 0 heterocycles. The van der Waals surface area contributed by atoms with Crippen LogP contribution in [0.15, 0.2) is 36.4 Å². The molecule has 0 saturated heterocycles. The van der Waals surface area contributed by atoms with Crippen molar-refractivity contribution in [2.75, 3.05) is 17.3 Å². The van der Waals surface area contributed by atoms with Gasteiger partial charge in [-0.25, -0.2) is 0 Å². The summed E-state index contributed by atoms with van der Waals surface area (Å²) < 4.78 is 0. The van der Waals surface area contributed by atoms with Gasteiger partial charge in [-0.05, 0) is 36.0 Å². The molecule has 0 spiro atoms. The van der Waals surface area contributed by atoms with Crippen molar-refractivity contribution in [1.82, 2.24) is 5.32 Å². The molecule has 3 rings (SSSR count). The average Bonchev–Trinajstić information content (AvgIpc) is 3.50. The Bertz CT molecular complexity index is 856. The second-order valence-electron chi connectivity index (χ2n) is 6.63. The molecule has 0 unspecified atom stereocenters. The van der Waals surface area contributed by atoms with Crippen LogP contribution < -0.4 is 21.9 Å². The van der Waals surface area contributed by atoms with E-state index >= 15 is 0 Å². The van der Waals surface area contributed by atoms with Gasteiger partial charge in [0.25, 0.3) is 0 Å². The van der Waals surface area contributed by atoms with E-state index in [-0.39, 0.29) is 12.3 Å². The Labute approximate surface area is 163 Å². The normalized spacial score (nSPS) is 12.9. The number of nitrogen functional groups attached to an aromatic ring is 1. The predicted molar refractivity (Wildman–Crippen MR) is 108 cm³/mol. The van der Waals surface area contributed by atoms with Crippen molar-refractivity contribution in [2.45, 2.75) is 25.8 Å². The molecule has 7 heteroatoms. The van der Waals surface area contributed by atoms with E-state index in [4.69, 9.17) is 22.7 Å². The first-order chi connectivity index (χ1) is 13.1. The third kappa shape index (κ3) is 4.91. The summed E-state index contributed by atoms with van der Waals surface area (Å²) in [6.45, 7) is 1.31. The van der Waals surface area contributed by atoms with E-state index in [2.05, 4.69) is 16.1 Å². The lowest BCUT2D eigenvalue weighted by Crippen LogP contribution is -2.21. The third-order valence-corrected chi connectivity index (χ3v) is 4.95. The molecule has 1 fully saturated rings. The summed E-state index contributed by atoms with van der Waals surface area (Å²) in [6.07, 6.45) is 2.41. The largest absolute Gasteiger partial charge is 0.383 e. The Balaban J connectivity index is 1.73. The Hall–Kier alpha value is -2.75. The number of nitriles is 1. The highest BCUT2D eigenvalue weighted by molar-refractivity contribution is 6.36. The number of anilines is 2.